The first-order chi connectivity index (χ1) is 6.11. The fraction of sp³-hybridized carbons (Fsp3) is 0.857. The van der Waals surface area contributed by atoms with Crippen LogP contribution in [0.15, 0.2) is 0 Å². The number of rotatable bonds is 3. The van der Waals surface area contributed by atoms with Gasteiger partial charge in [0, 0.05) is 7.05 Å². The summed E-state index contributed by atoms with van der Waals surface area (Å²) in [6, 6.07) is 0. The maximum Gasteiger partial charge on any atom is 0.159 e. The minimum absolute atomic E-state index is 0.319. The van der Waals surface area contributed by atoms with Crippen LogP contribution in [0, 0.1) is 0 Å². The lowest BCUT2D eigenvalue weighted by Crippen LogP contribution is -2.41. The molecule has 1 saturated heterocycles. The Morgan fingerprint density at radius 1 is 1.46 bits per heavy atom. The van der Waals surface area contributed by atoms with Crippen molar-refractivity contribution in [2.45, 2.75) is 24.5 Å². The van der Waals surface area contributed by atoms with E-state index in [1.807, 2.05) is 0 Å². The molecule has 0 aromatic carbocycles. The largest absolute Gasteiger partial charge is 0.394 e. The summed E-state index contributed by atoms with van der Waals surface area (Å²) in [5, 5.41) is 27.6. The molecule has 13 heavy (non-hydrogen) atoms. The molecule has 4 atom stereocenters. The fourth-order valence-electron chi connectivity index (χ4n) is 1.28. The first-order valence-corrected chi connectivity index (χ1v) is 4.38. The summed E-state index contributed by atoms with van der Waals surface area (Å²) < 4.78 is 5.17. The van der Waals surface area contributed by atoms with Gasteiger partial charge in [0.1, 0.15) is 18.3 Å². The van der Waals surface area contributed by atoms with E-state index in [1.54, 1.807) is 7.05 Å². The van der Waals surface area contributed by atoms with Gasteiger partial charge in [-0.15, -0.1) is 0 Å². The highest BCUT2D eigenvalue weighted by atomic mass is 32.1. The zero-order valence-electron chi connectivity index (χ0n) is 7.20. The Kier molecular flexibility index (Phi) is 3.57. The van der Waals surface area contributed by atoms with Crippen LogP contribution in [-0.4, -0.2) is 63.9 Å². The maximum absolute atomic E-state index is 9.47. The Labute approximate surface area is 81.5 Å². The third-order valence-corrected chi connectivity index (χ3v) is 2.42. The van der Waals surface area contributed by atoms with Gasteiger partial charge in [0.25, 0.3) is 0 Å². The molecule has 1 aliphatic rings. The molecule has 0 bridgehead atoms. The van der Waals surface area contributed by atoms with E-state index in [4.69, 9.17) is 9.84 Å². The number of likely N-dealkylation sites (N-methyl/N-ethyl adjacent to an activating group) is 1. The molecule has 0 radical (unpaired) electrons. The molecule has 0 aromatic heterocycles. The van der Waals surface area contributed by atoms with Crippen molar-refractivity contribution in [3.63, 3.8) is 0 Å². The van der Waals surface area contributed by atoms with Crippen molar-refractivity contribution >= 4 is 17.7 Å². The van der Waals surface area contributed by atoms with E-state index in [2.05, 4.69) is 12.2 Å². The summed E-state index contributed by atoms with van der Waals surface area (Å²) in [5.74, 6) is 0. The third-order valence-electron chi connectivity index (χ3n) is 2.08. The molecular formula is C7H13NO4S. The van der Waals surface area contributed by atoms with Gasteiger partial charge in [0.2, 0.25) is 0 Å². The van der Waals surface area contributed by atoms with Gasteiger partial charge in [0.05, 0.1) is 12.1 Å². The Balaban J connectivity index is 2.65. The van der Waals surface area contributed by atoms with Gasteiger partial charge in [-0.05, 0) is 0 Å². The average molecular weight is 207 g/mol. The third kappa shape index (κ3) is 1.97. The van der Waals surface area contributed by atoms with E-state index >= 15 is 0 Å². The lowest BCUT2D eigenvalue weighted by molar-refractivity contribution is -0.0620. The smallest absolute Gasteiger partial charge is 0.159 e. The Bertz CT molecular complexity index is 191. The molecule has 1 heterocycles. The average Bonchev–Trinajstić information content (AvgIpc) is 2.43. The van der Waals surface area contributed by atoms with Gasteiger partial charge in [-0.2, -0.15) is 0 Å². The first-order valence-electron chi connectivity index (χ1n) is 3.91. The quantitative estimate of drug-likeness (QED) is 0.480. The van der Waals surface area contributed by atoms with E-state index in [-0.39, 0.29) is 6.61 Å². The summed E-state index contributed by atoms with van der Waals surface area (Å²) in [6.07, 6.45) is -3.52. The topological polar surface area (TPSA) is 73.2 Å². The highest BCUT2D eigenvalue weighted by molar-refractivity contribution is 7.78. The molecule has 3 N–H and O–H groups in total. The highest BCUT2D eigenvalue weighted by Crippen LogP contribution is 2.22. The van der Waals surface area contributed by atoms with Gasteiger partial charge in [0.15, 0.2) is 6.23 Å². The molecule has 76 valence electrons. The maximum atomic E-state index is 9.47. The highest BCUT2D eigenvalue weighted by Gasteiger charge is 2.43. The lowest BCUT2D eigenvalue weighted by atomic mass is 10.1. The second-order valence-electron chi connectivity index (χ2n) is 3.00. The second kappa shape index (κ2) is 4.30. The van der Waals surface area contributed by atoms with Gasteiger partial charge in [-0.25, -0.2) is 0 Å². The number of nitrogens with zero attached hydrogens (tertiary/aromatic N) is 1. The standard InChI is InChI=1S/C7H13NO4S/c1-8(3-13)7-6(11)5(10)4(2-9)12-7/h3-7,9-11H,2H2,1H3/t4-,5?,6+,7-/m1/s1. The Morgan fingerprint density at radius 2 is 2.08 bits per heavy atom. The van der Waals surface area contributed by atoms with E-state index in [0.717, 1.165) is 0 Å². The molecule has 1 aliphatic heterocycles. The van der Waals surface area contributed by atoms with Crippen LogP contribution in [0.2, 0.25) is 0 Å². The zero-order valence-corrected chi connectivity index (χ0v) is 8.02. The number of aliphatic hydroxyl groups is 3. The van der Waals surface area contributed by atoms with Crippen molar-refractivity contribution in [3.05, 3.63) is 0 Å². The molecular weight excluding hydrogens is 194 g/mol. The predicted octanol–water partition coefficient (Wildman–Crippen LogP) is -1.69. The molecule has 0 aliphatic carbocycles. The van der Waals surface area contributed by atoms with Crippen LogP contribution >= 0.6 is 12.2 Å². The summed E-state index contributed by atoms with van der Waals surface area (Å²) in [6.45, 7) is -0.319. The van der Waals surface area contributed by atoms with E-state index in [9.17, 15) is 10.2 Å². The van der Waals surface area contributed by atoms with Gasteiger partial charge in [-0.1, -0.05) is 12.2 Å². The van der Waals surface area contributed by atoms with E-state index in [0.29, 0.717) is 0 Å². The van der Waals surface area contributed by atoms with Crippen molar-refractivity contribution in [2.75, 3.05) is 13.7 Å². The summed E-state index contributed by atoms with van der Waals surface area (Å²) >= 11 is 4.64. The minimum Gasteiger partial charge on any atom is -0.394 e. The number of thiocarbonyl (C=S) groups is 1. The summed E-state index contributed by atoms with van der Waals surface area (Å²) in [5.41, 5.74) is 1.32. The number of ether oxygens (including phenoxy) is 1. The normalized spacial score (nSPS) is 39.1. The van der Waals surface area contributed by atoms with Crippen molar-refractivity contribution in [1.82, 2.24) is 4.90 Å². The van der Waals surface area contributed by atoms with Crippen LogP contribution in [-0.2, 0) is 4.74 Å². The van der Waals surface area contributed by atoms with E-state index in [1.165, 1.54) is 10.4 Å². The predicted molar refractivity (Wildman–Crippen MR) is 49.2 cm³/mol. The fourth-order valence-corrected chi connectivity index (χ4v) is 1.40. The van der Waals surface area contributed by atoms with Crippen molar-refractivity contribution < 1.29 is 20.1 Å². The van der Waals surface area contributed by atoms with E-state index < -0.39 is 24.5 Å². The Hall–Kier alpha value is -0.270. The zero-order chi connectivity index (χ0) is 10.0. The van der Waals surface area contributed by atoms with Crippen LogP contribution in [0.5, 0.6) is 0 Å². The molecule has 1 fully saturated rings. The van der Waals surface area contributed by atoms with Crippen molar-refractivity contribution in [2.24, 2.45) is 0 Å². The molecule has 5 nitrogen and oxygen atoms in total. The van der Waals surface area contributed by atoms with Crippen LogP contribution in [0.4, 0.5) is 0 Å². The SMILES string of the molecule is CN(C=S)[C@@H]1O[C@H](CO)C(O)[C@@H]1O. The molecule has 0 saturated carbocycles. The molecule has 0 amide bonds. The minimum atomic E-state index is -1.06. The summed E-state index contributed by atoms with van der Waals surface area (Å²) in [7, 11) is 1.63. The summed E-state index contributed by atoms with van der Waals surface area (Å²) in [4.78, 5) is 1.47. The molecule has 1 rings (SSSR count). The number of hydrogen-bond donors (Lipinski definition) is 3. The van der Waals surface area contributed by atoms with Crippen LogP contribution in [0.3, 0.4) is 0 Å². The second-order valence-corrected chi connectivity index (χ2v) is 3.21. The van der Waals surface area contributed by atoms with Crippen LogP contribution < -0.4 is 0 Å². The van der Waals surface area contributed by atoms with Crippen LogP contribution in [0.25, 0.3) is 0 Å². The molecule has 0 spiro atoms. The molecule has 6 heteroatoms. The Morgan fingerprint density at radius 3 is 2.46 bits per heavy atom. The number of aliphatic hydroxyl groups excluding tert-OH is 3. The first kappa shape index (κ1) is 10.8. The van der Waals surface area contributed by atoms with Crippen molar-refractivity contribution in [1.29, 1.82) is 0 Å². The van der Waals surface area contributed by atoms with Crippen LogP contribution in [0.1, 0.15) is 0 Å². The monoisotopic (exact) mass is 207 g/mol. The van der Waals surface area contributed by atoms with Gasteiger partial charge in [-0.3, -0.25) is 0 Å². The molecule has 1 unspecified atom stereocenters. The van der Waals surface area contributed by atoms with Crippen molar-refractivity contribution in [3.8, 4) is 0 Å². The molecule has 0 aromatic rings. The van der Waals surface area contributed by atoms with Gasteiger partial charge < -0.3 is 25.0 Å². The lowest BCUT2D eigenvalue weighted by Gasteiger charge is -2.23. The number of hydrogen-bond acceptors (Lipinski definition) is 5. The van der Waals surface area contributed by atoms with Gasteiger partial charge >= 0.3 is 0 Å².